The number of aliphatic hydroxyl groups excluding tert-OH is 4. The fourth-order valence-corrected chi connectivity index (χ4v) is 0.716. The molecule has 1 atom stereocenters. The number of hydrogen-bond acceptors (Lipinski definition) is 6. The van der Waals surface area contributed by atoms with E-state index in [1.807, 2.05) is 0 Å². The predicted molar refractivity (Wildman–Crippen MR) is 35.5 cm³/mol. The molecule has 1 rings (SSSR count). The summed E-state index contributed by atoms with van der Waals surface area (Å²) in [6.45, 7) is 0. The molecule has 0 unspecified atom stereocenters. The molecular weight excluding hydrogens is 276 g/mol. The monoisotopic (exact) mass is 281 g/mol. The molecule has 1 aliphatic rings. The van der Waals surface area contributed by atoms with E-state index in [1.165, 1.54) is 0 Å². The first-order valence-electron chi connectivity index (χ1n) is 2.94. The smallest absolute Gasteiger partial charge is 0.378 e. The minimum absolute atomic E-state index is 0. The Kier molecular flexibility index (Phi) is 3.86. The molecule has 0 aromatic heterocycles. The van der Waals surface area contributed by atoms with E-state index in [0.717, 1.165) is 0 Å². The molecule has 0 aromatic rings. The average molecular weight is 282 g/mol. The van der Waals surface area contributed by atoms with Gasteiger partial charge in [-0.15, -0.1) is 0 Å². The minimum Gasteiger partial charge on any atom is -0.512 e. The SMILES string of the molecule is O=C1O[C@H](/C(O)=C/O)C(O)=C1O.[Ag]. The summed E-state index contributed by atoms with van der Waals surface area (Å²) in [5.74, 6) is -3.69. The molecule has 1 heterocycles. The van der Waals surface area contributed by atoms with E-state index in [9.17, 15) is 4.79 Å². The van der Waals surface area contributed by atoms with Crippen LogP contribution in [0.5, 0.6) is 0 Å². The van der Waals surface area contributed by atoms with Gasteiger partial charge in [0, 0.05) is 22.4 Å². The third-order valence-electron chi connectivity index (χ3n) is 1.31. The molecule has 0 bridgehead atoms. The van der Waals surface area contributed by atoms with Crippen molar-refractivity contribution in [1.29, 1.82) is 0 Å². The van der Waals surface area contributed by atoms with Crippen molar-refractivity contribution in [3.05, 3.63) is 23.5 Å². The van der Waals surface area contributed by atoms with Crippen LogP contribution in [0, 0.1) is 0 Å². The van der Waals surface area contributed by atoms with Crippen LogP contribution in [0.2, 0.25) is 0 Å². The van der Waals surface area contributed by atoms with Crippen molar-refractivity contribution in [1.82, 2.24) is 0 Å². The van der Waals surface area contributed by atoms with Crippen LogP contribution < -0.4 is 0 Å². The fourth-order valence-electron chi connectivity index (χ4n) is 0.716. The summed E-state index contributed by atoms with van der Waals surface area (Å²) < 4.78 is 4.25. The Bertz CT molecular complexity index is 281. The Morgan fingerprint density at radius 2 is 2.00 bits per heavy atom. The van der Waals surface area contributed by atoms with E-state index in [2.05, 4.69) is 4.74 Å². The standard InChI is InChI=1S/C6H6O6.Ag/c7-1-2(8)5-3(9)4(10)6(11)12-5;/h1,5,7-10H;/b2-1-;/t5-;/m1./s1. The van der Waals surface area contributed by atoms with Crippen LogP contribution in [0.1, 0.15) is 0 Å². The molecule has 1 radical (unpaired) electrons. The van der Waals surface area contributed by atoms with Crippen molar-refractivity contribution in [3.63, 3.8) is 0 Å². The Hall–Kier alpha value is -1.11. The number of rotatable bonds is 1. The van der Waals surface area contributed by atoms with Gasteiger partial charge in [-0.05, 0) is 0 Å². The Morgan fingerprint density at radius 1 is 1.46 bits per heavy atom. The molecule has 4 N–H and O–H groups in total. The van der Waals surface area contributed by atoms with Gasteiger partial charge < -0.3 is 25.2 Å². The van der Waals surface area contributed by atoms with Gasteiger partial charge in [0.2, 0.25) is 11.9 Å². The Labute approximate surface area is 88.3 Å². The first kappa shape index (κ1) is 11.9. The predicted octanol–water partition coefficient (Wildman–Crippen LogP) is 0.194. The van der Waals surface area contributed by atoms with E-state index >= 15 is 0 Å². The van der Waals surface area contributed by atoms with Crippen molar-refractivity contribution < 1.29 is 52.3 Å². The summed E-state index contributed by atoms with van der Waals surface area (Å²) in [6.07, 6.45) is -1.24. The van der Waals surface area contributed by atoms with Gasteiger partial charge in [0.1, 0.15) is 6.26 Å². The van der Waals surface area contributed by atoms with E-state index < -0.39 is 29.4 Å². The maximum Gasteiger partial charge on any atom is 0.378 e. The van der Waals surface area contributed by atoms with Crippen LogP contribution in [0.15, 0.2) is 23.5 Å². The van der Waals surface area contributed by atoms with Crippen molar-refractivity contribution >= 4 is 5.97 Å². The number of carbonyl (C=O) groups is 1. The average Bonchev–Trinajstić information content (AvgIpc) is 2.32. The maximum absolute atomic E-state index is 10.5. The zero-order valence-electron chi connectivity index (χ0n) is 6.06. The quantitative estimate of drug-likeness (QED) is 0.311. The van der Waals surface area contributed by atoms with Gasteiger partial charge in [0.25, 0.3) is 0 Å². The van der Waals surface area contributed by atoms with Gasteiger partial charge in [-0.3, -0.25) is 0 Å². The minimum atomic E-state index is -1.50. The molecule has 0 saturated heterocycles. The molecule has 0 aromatic carbocycles. The molecule has 0 amide bonds. The van der Waals surface area contributed by atoms with Crippen LogP contribution >= 0.6 is 0 Å². The van der Waals surface area contributed by atoms with Crippen molar-refractivity contribution in [2.75, 3.05) is 0 Å². The third-order valence-corrected chi connectivity index (χ3v) is 1.31. The third kappa shape index (κ3) is 1.97. The number of carbonyl (C=O) groups excluding carboxylic acids is 1. The number of ether oxygens (including phenoxy) is 1. The molecule has 13 heavy (non-hydrogen) atoms. The number of aliphatic hydroxyl groups is 4. The van der Waals surface area contributed by atoms with Crippen LogP contribution in [0.3, 0.4) is 0 Å². The van der Waals surface area contributed by atoms with Gasteiger partial charge in [-0.1, -0.05) is 0 Å². The summed E-state index contributed by atoms with van der Waals surface area (Å²) in [5.41, 5.74) is 0. The number of cyclic esters (lactones) is 1. The fraction of sp³-hybridized carbons (Fsp3) is 0.167. The molecule has 0 saturated carbocycles. The summed E-state index contributed by atoms with van der Waals surface area (Å²) >= 11 is 0. The van der Waals surface area contributed by atoms with Crippen LogP contribution in [0.25, 0.3) is 0 Å². The van der Waals surface area contributed by atoms with Gasteiger partial charge in [-0.25, -0.2) is 4.79 Å². The summed E-state index contributed by atoms with van der Waals surface area (Å²) in [6, 6.07) is 0. The Morgan fingerprint density at radius 3 is 2.31 bits per heavy atom. The van der Waals surface area contributed by atoms with E-state index in [4.69, 9.17) is 20.4 Å². The number of hydrogen-bond donors (Lipinski definition) is 4. The van der Waals surface area contributed by atoms with Crippen LogP contribution in [0.4, 0.5) is 0 Å². The normalized spacial score (nSPS) is 22.6. The van der Waals surface area contributed by atoms with Gasteiger partial charge in [0.15, 0.2) is 11.5 Å². The van der Waals surface area contributed by atoms with Crippen molar-refractivity contribution in [2.45, 2.75) is 6.10 Å². The largest absolute Gasteiger partial charge is 0.512 e. The second-order valence-electron chi connectivity index (χ2n) is 2.07. The maximum atomic E-state index is 10.5. The molecule has 7 heteroatoms. The van der Waals surface area contributed by atoms with Crippen molar-refractivity contribution in [2.24, 2.45) is 0 Å². The molecule has 0 aliphatic carbocycles. The van der Waals surface area contributed by atoms with E-state index in [-0.39, 0.29) is 28.6 Å². The van der Waals surface area contributed by atoms with Gasteiger partial charge in [-0.2, -0.15) is 0 Å². The number of esters is 1. The van der Waals surface area contributed by atoms with Crippen molar-refractivity contribution in [3.8, 4) is 0 Å². The first-order chi connectivity index (χ1) is 5.57. The summed E-state index contributed by atoms with van der Waals surface area (Å²) in [4.78, 5) is 10.5. The first-order valence-corrected chi connectivity index (χ1v) is 2.94. The summed E-state index contributed by atoms with van der Waals surface area (Å²) in [5, 5.41) is 34.7. The molecule has 77 valence electrons. The van der Waals surface area contributed by atoms with Gasteiger partial charge in [0.05, 0.1) is 0 Å². The second-order valence-corrected chi connectivity index (χ2v) is 2.07. The molecule has 0 spiro atoms. The molecular formula is C6H6AgO6. The zero-order chi connectivity index (χ0) is 9.30. The van der Waals surface area contributed by atoms with Crippen LogP contribution in [-0.4, -0.2) is 32.5 Å². The van der Waals surface area contributed by atoms with Crippen LogP contribution in [-0.2, 0) is 31.9 Å². The second kappa shape index (κ2) is 4.22. The summed E-state index contributed by atoms with van der Waals surface area (Å²) in [7, 11) is 0. The zero-order valence-corrected chi connectivity index (χ0v) is 7.54. The topological polar surface area (TPSA) is 107 Å². The Balaban J connectivity index is 0.00000144. The molecule has 0 fully saturated rings. The molecule has 6 nitrogen and oxygen atoms in total. The van der Waals surface area contributed by atoms with E-state index in [0.29, 0.717) is 0 Å². The molecule has 1 aliphatic heterocycles. The van der Waals surface area contributed by atoms with Gasteiger partial charge >= 0.3 is 5.97 Å². The van der Waals surface area contributed by atoms with E-state index in [1.54, 1.807) is 0 Å².